The molecule has 0 amide bonds. The molecule has 0 spiro atoms. The highest BCUT2D eigenvalue weighted by Gasteiger charge is 2.09. The lowest BCUT2D eigenvalue weighted by molar-refractivity contribution is 0.280. The van der Waals surface area contributed by atoms with Crippen LogP contribution in [0.5, 0.6) is 5.75 Å². The van der Waals surface area contributed by atoms with Gasteiger partial charge < -0.3 is 10.2 Å². The van der Waals surface area contributed by atoms with E-state index in [0.29, 0.717) is 21.8 Å². The van der Waals surface area contributed by atoms with Crippen molar-refractivity contribution >= 4 is 23.4 Å². The SMILES string of the molecule is Cc1ncc(CO)c(/C=N/NC(=S)c2ccccc2)c1O. The average Bonchev–Trinajstić information content (AvgIpc) is 2.52. The summed E-state index contributed by atoms with van der Waals surface area (Å²) in [6, 6.07) is 9.42. The van der Waals surface area contributed by atoms with Crippen LogP contribution in [0.4, 0.5) is 0 Å². The molecule has 2 aromatic rings. The van der Waals surface area contributed by atoms with Gasteiger partial charge >= 0.3 is 0 Å². The van der Waals surface area contributed by atoms with Crippen LogP contribution in [0.25, 0.3) is 0 Å². The maximum atomic E-state index is 9.97. The minimum atomic E-state index is -0.231. The molecule has 108 valence electrons. The molecule has 3 N–H and O–H groups in total. The Hall–Kier alpha value is -2.31. The Morgan fingerprint density at radius 1 is 1.38 bits per heavy atom. The van der Waals surface area contributed by atoms with E-state index in [-0.39, 0.29) is 12.4 Å². The van der Waals surface area contributed by atoms with Crippen molar-refractivity contribution in [1.82, 2.24) is 10.4 Å². The molecule has 21 heavy (non-hydrogen) atoms. The summed E-state index contributed by atoms with van der Waals surface area (Å²) in [5, 5.41) is 23.2. The van der Waals surface area contributed by atoms with Gasteiger partial charge in [-0.2, -0.15) is 5.10 Å². The fourth-order valence-electron chi connectivity index (χ4n) is 1.73. The quantitative estimate of drug-likeness (QED) is 0.457. The number of nitrogens with zero attached hydrogens (tertiary/aromatic N) is 2. The maximum absolute atomic E-state index is 9.97. The zero-order valence-electron chi connectivity index (χ0n) is 11.4. The number of thiocarbonyl (C=S) groups is 1. The van der Waals surface area contributed by atoms with Crippen molar-refractivity contribution in [3.8, 4) is 5.75 Å². The van der Waals surface area contributed by atoms with Crippen LogP contribution < -0.4 is 5.43 Å². The number of hydrogen-bond donors (Lipinski definition) is 3. The van der Waals surface area contributed by atoms with Gasteiger partial charge in [-0.3, -0.25) is 10.4 Å². The number of pyridine rings is 1. The predicted octanol–water partition coefficient (Wildman–Crippen LogP) is 1.89. The van der Waals surface area contributed by atoms with Crippen molar-refractivity contribution in [3.63, 3.8) is 0 Å². The lowest BCUT2D eigenvalue weighted by atomic mass is 10.1. The highest BCUT2D eigenvalue weighted by molar-refractivity contribution is 7.80. The lowest BCUT2D eigenvalue weighted by Crippen LogP contribution is -2.16. The molecule has 5 nitrogen and oxygen atoms in total. The molecule has 0 fully saturated rings. The molecule has 0 saturated carbocycles. The van der Waals surface area contributed by atoms with Crippen LogP contribution in [0.15, 0.2) is 41.6 Å². The topological polar surface area (TPSA) is 77.7 Å². The fourth-order valence-corrected chi connectivity index (χ4v) is 1.92. The first-order chi connectivity index (χ1) is 10.1. The van der Waals surface area contributed by atoms with Crippen molar-refractivity contribution < 1.29 is 10.2 Å². The predicted molar refractivity (Wildman–Crippen MR) is 85.4 cm³/mol. The Bertz CT molecular complexity index is 672. The van der Waals surface area contributed by atoms with Gasteiger partial charge in [-0.15, -0.1) is 0 Å². The number of aliphatic hydroxyl groups excluding tert-OH is 1. The molecule has 0 aliphatic carbocycles. The second-order valence-electron chi connectivity index (χ2n) is 4.35. The van der Waals surface area contributed by atoms with E-state index < -0.39 is 0 Å². The van der Waals surface area contributed by atoms with Gasteiger partial charge in [-0.05, 0) is 6.92 Å². The number of benzene rings is 1. The highest BCUT2D eigenvalue weighted by Crippen LogP contribution is 2.21. The number of aryl methyl sites for hydroxylation is 1. The minimum absolute atomic E-state index is 0.00210. The van der Waals surface area contributed by atoms with Gasteiger partial charge in [0.25, 0.3) is 0 Å². The third kappa shape index (κ3) is 3.62. The second kappa shape index (κ2) is 6.92. The molecule has 1 aromatic heterocycles. The van der Waals surface area contributed by atoms with Crippen molar-refractivity contribution in [2.24, 2.45) is 5.10 Å². The zero-order valence-corrected chi connectivity index (χ0v) is 12.3. The summed E-state index contributed by atoms with van der Waals surface area (Å²) in [5.74, 6) is -0.00210. The Morgan fingerprint density at radius 2 is 2.10 bits per heavy atom. The van der Waals surface area contributed by atoms with Gasteiger partial charge in [-0.25, -0.2) is 0 Å². The van der Waals surface area contributed by atoms with Crippen LogP contribution in [0.1, 0.15) is 22.4 Å². The summed E-state index contributed by atoms with van der Waals surface area (Å²) in [6.07, 6.45) is 2.93. The van der Waals surface area contributed by atoms with Gasteiger partial charge in [0.05, 0.1) is 18.5 Å². The molecule has 0 unspecified atom stereocenters. The van der Waals surface area contributed by atoms with E-state index in [4.69, 9.17) is 12.2 Å². The fraction of sp³-hybridized carbons (Fsp3) is 0.133. The first-order valence-electron chi connectivity index (χ1n) is 6.30. The molecule has 1 aromatic carbocycles. The number of hydrazone groups is 1. The maximum Gasteiger partial charge on any atom is 0.145 e. The number of aliphatic hydroxyl groups is 1. The van der Waals surface area contributed by atoms with E-state index in [0.717, 1.165) is 5.56 Å². The molecular formula is C15H15N3O2S. The van der Waals surface area contributed by atoms with E-state index in [9.17, 15) is 10.2 Å². The number of hydrogen-bond acceptors (Lipinski definition) is 5. The molecule has 0 aliphatic rings. The Balaban J connectivity index is 2.15. The summed E-state index contributed by atoms with van der Waals surface area (Å²) in [7, 11) is 0. The first-order valence-corrected chi connectivity index (χ1v) is 6.71. The largest absolute Gasteiger partial charge is 0.505 e. The molecule has 1 heterocycles. The van der Waals surface area contributed by atoms with E-state index in [2.05, 4.69) is 15.5 Å². The van der Waals surface area contributed by atoms with Gasteiger partial charge in [0, 0.05) is 22.9 Å². The number of rotatable bonds is 4. The molecule has 0 atom stereocenters. The number of nitrogens with one attached hydrogen (secondary N) is 1. The smallest absolute Gasteiger partial charge is 0.145 e. The third-order valence-electron chi connectivity index (χ3n) is 2.92. The summed E-state index contributed by atoms with van der Waals surface area (Å²) >= 11 is 5.21. The van der Waals surface area contributed by atoms with Gasteiger partial charge in [0.15, 0.2) is 0 Å². The minimum Gasteiger partial charge on any atom is -0.505 e. The van der Waals surface area contributed by atoms with Crippen LogP contribution in [0.2, 0.25) is 0 Å². The lowest BCUT2D eigenvalue weighted by Gasteiger charge is -2.07. The highest BCUT2D eigenvalue weighted by atomic mass is 32.1. The van der Waals surface area contributed by atoms with E-state index in [1.165, 1.54) is 12.4 Å². The molecule has 0 radical (unpaired) electrons. The summed E-state index contributed by atoms with van der Waals surface area (Å²) < 4.78 is 0. The summed E-state index contributed by atoms with van der Waals surface area (Å²) in [5.41, 5.74) is 4.97. The monoisotopic (exact) mass is 301 g/mol. The van der Waals surface area contributed by atoms with Crippen molar-refractivity contribution in [3.05, 3.63) is 58.9 Å². The van der Waals surface area contributed by atoms with E-state index in [1.54, 1.807) is 6.92 Å². The van der Waals surface area contributed by atoms with Crippen molar-refractivity contribution in [2.75, 3.05) is 0 Å². The molecule has 2 rings (SSSR count). The third-order valence-corrected chi connectivity index (χ3v) is 3.25. The Labute approximate surface area is 128 Å². The van der Waals surface area contributed by atoms with Gasteiger partial charge in [0.1, 0.15) is 10.7 Å². The van der Waals surface area contributed by atoms with Crippen LogP contribution in [-0.2, 0) is 6.61 Å². The molecule has 0 bridgehead atoms. The van der Waals surface area contributed by atoms with Crippen LogP contribution >= 0.6 is 12.2 Å². The van der Waals surface area contributed by atoms with Gasteiger partial charge in [0.2, 0.25) is 0 Å². The molecule has 0 aliphatic heterocycles. The van der Waals surface area contributed by atoms with Crippen LogP contribution in [0, 0.1) is 6.92 Å². The average molecular weight is 301 g/mol. The molecule has 0 saturated heterocycles. The molecular weight excluding hydrogens is 286 g/mol. The van der Waals surface area contributed by atoms with Crippen LogP contribution in [-0.4, -0.2) is 26.4 Å². The van der Waals surface area contributed by atoms with Crippen molar-refractivity contribution in [2.45, 2.75) is 13.5 Å². The first kappa shape index (κ1) is 15.1. The molecule has 6 heteroatoms. The van der Waals surface area contributed by atoms with Crippen molar-refractivity contribution in [1.29, 1.82) is 0 Å². The summed E-state index contributed by atoms with van der Waals surface area (Å²) in [6.45, 7) is 1.45. The Kier molecular flexibility index (Phi) is 4.97. The zero-order chi connectivity index (χ0) is 15.2. The number of aromatic nitrogens is 1. The number of aromatic hydroxyl groups is 1. The van der Waals surface area contributed by atoms with Gasteiger partial charge in [-0.1, -0.05) is 42.5 Å². The second-order valence-corrected chi connectivity index (χ2v) is 4.76. The Morgan fingerprint density at radius 3 is 2.76 bits per heavy atom. The van der Waals surface area contributed by atoms with Crippen LogP contribution in [0.3, 0.4) is 0 Å². The normalized spacial score (nSPS) is 10.8. The standard InChI is InChI=1S/C15H15N3O2S/c1-10-14(20)13(12(9-19)7-16-10)8-17-18-15(21)11-5-3-2-4-6-11/h2-8,19-20H,9H2,1H3,(H,18,21)/b17-8+. The summed E-state index contributed by atoms with van der Waals surface area (Å²) in [4.78, 5) is 4.46. The van der Waals surface area contributed by atoms with E-state index >= 15 is 0 Å². The van der Waals surface area contributed by atoms with E-state index in [1.807, 2.05) is 30.3 Å².